The normalized spacial score (nSPS) is 11.1. The number of fused-ring (bicyclic) bond motifs is 1. The van der Waals surface area contributed by atoms with E-state index in [9.17, 15) is 9.59 Å². The fraction of sp³-hybridized carbons (Fsp3) is 0.154. The van der Waals surface area contributed by atoms with Gasteiger partial charge in [-0.3, -0.25) is 4.79 Å². The van der Waals surface area contributed by atoms with Crippen molar-refractivity contribution in [2.45, 2.75) is 20.3 Å². The number of para-hydroxylation sites is 1. The predicted octanol–water partition coefficient (Wildman–Crippen LogP) is 4.46. The van der Waals surface area contributed by atoms with Crippen molar-refractivity contribution in [3.63, 3.8) is 0 Å². The lowest BCUT2D eigenvalue weighted by atomic mass is 10.2. The molecule has 0 fully saturated rings. The monoisotopic (exact) mass is 441 g/mol. The molecule has 7 heteroatoms. The Balaban J connectivity index is 1.65. The minimum absolute atomic E-state index is 0.229. The van der Waals surface area contributed by atoms with Crippen molar-refractivity contribution in [1.82, 2.24) is 9.66 Å². The molecule has 1 heterocycles. The molecule has 0 amide bonds. The second-order valence-corrected chi connectivity index (χ2v) is 7.15. The molecule has 1 aromatic heterocycles. The summed E-state index contributed by atoms with van der Waals surface area (Å²) in [7, 11) is 0. The molecule has 0 radical (unpaired) electrons. The predicted molar refractivity (Wildman–Crippen MR) is 127 cm³/mol. The summed E-state index contributed by atoms with van der Waals surface area (Å²) in [5, 5.41) is 4.89. The molecule has 0 spiro atoms. The van der Waals surface area contributed by atoms with Crippen molar-refractivity contribution in [3.05, 3.63) is 100 Å². The van der Waals surface area contributed by atoms with Gasteiger partial charge in [0.05, 0.1) is 29.3 Å². The molecule has 0 aliphatic heterocycles. The average Bonchev–Trinajstić information content (AvgIpc) is 2.85. The Kier molecular flexibility index (Phi) is 6.59. The van der Waals surface area contributed by atoms with Crippen LogP contribution in [0.3, 0.4) is 0 Å². The number of aryl methyl sites for hydroxylation is 1. The molecule has 0 atom stereocenters. The molecular formula is C26H23N3O4. The smallest absolute Gasteiger partial charge is 0.343 e. The first-order chi connectivity index (χ1) is 16.1. The van der Waals surface area contributed by atoms with Gasteiger partial charge < -0.3 is 9.47 Å². The minimum Gasteiger partial charge on any atom is -0.490 e. The number of hydrogen-bond acceptors (Lipinski definition) is 6. The maximum atomic E-state index is 12.9. The van der Waals surface area contributed by atoms with E-state index in [2.05, 4.69) is 10.1 Å². The lowest BCUT2D eigenvalue weighted by Gasteiger charge is -2.11. The number of esters is 1. The van der Waals surface area contributed by atoms with Gasteiger partial charge in [0.25, 0.3) is 5.56 Å². The maximum Gasteiger partial charge on any atom is 0.343 e. The molecule has 0 aliphatic rings. The molecule has 4 rings (SSSR count). The largest absolute Gasteiger partial charge is 0.490 e. The number of aromatic nitrogens is 2. The molecule has 0 saturated heterocycles. The fourth-order valence-electron chi connectivity index (χ4n) is 3.33. The van der Waals surface area contributed by atoms with Gasteiger partial charge in [0.1, 0.15) is 5.82 Å². The van der Waals surface area contributed by atoms with Gasteiger partial charge in [-0.25, -0.2) is 9.78 Å². The molecule has 0 N–H and O–H groups in total. The number of hydrogen-bond donors (Lipinski definition) is 0. The van der Waals surface area contributed by atoms with Gasteiger partial charge in [-0.1, -0.05) is 37.3 Å². The van der Waals surface area contributed by atoms with Crippen LogP contribution in [-0.2, 0) is 6.42 Å². The Morgan fingerprint density at radius 2 is 1.76 bits per heavy atom. The molecule has 166 valence electrons. The van der Waals surface area contributed by atoms with Crippen LogP contribution < -0.4 is 15.0 Å². The number of ether oxygens (including phenoxy) is 2. The van der Waals surface area contributed by atoms with Crippen molar-refractivity contribution >= 4 is 23.1 Å². The Bertz CT molecular complexity index is 1380. The summed E-state index contributed by atoms with van der Waals surface area (Å²) in [5.41, 5.74) is 1.54. The summed E-state index contributed by atoms with van der Waals surface area (Å²) in [5.74, 6) is 0.805. The van der Waals surface area contributed by atoms with E-state index in [0.29, 0.717) is 52.4 Å². The van der Waals surface area contributed by atoms with Crippen molar-refractivity contribution in [2.75, 3.05) is 6.61 Å². The van der Waals surface area contributed by atoms with E-state index < -0.39 is 5.97 Å². The van der Waals surface area contributed by atoms with E-state index in [1.54, 1.807) is 60.8 Å². The van der Waals surface area contributed by atoms with Gasteiger partial charge in [-0.05, 0) is 55.0 Å². The number of nitrogens with zero attached hydrogens (tertiary/aromatic N) is 3. The Labute approximate surface area is 190 Å². The van der Waals surface area contributed by atoms with Crippen LogP contribution in [0, 0.1) is 0 Å². The first-order valence-electron chi connectivity index (χ1n) is 10.7. The van der Waals surface area contributed by atoms with Crippen LogP contribution in [-0.4, -0.2) is 28.5 Å². The minimum atomic E-state index is -0.473. The first kappa shape index (κ1) is 22.0. The van der Waals surface area contributed by atoms with Gasteiger partial charge in [0.2, 0.25) is 0 Å². The zero-order valence-corrected chi connectivity index (χ0v) is 18.4. The third kappa shape index (κ3) is 4.82. The molecule has 0 aliphatic carbocycles. The molecule has 33 heavy (non-hydrogen) atoms. The lowest BCUT2D eigenvalue weighted by molar-refractivity contribution is 0.0728. The Morgan fingerprint density at radius 3 is 2.52 bits per heavy atom. The van der Waals surface area contributed by atoms with Crippen LogP contribution in [0.15, 0.2) is 82.7 Å². The zero-order chi connectivity index (χ0) is 23.2. The van der Waals surface area contributed by atoms with Crippen molar-refractivity contribution in [3.8, 4) is 11.5 Å². The van der Waals surface area contributed by atoms with Crippen molar-refractivity contribution in [1.29, 1.82) is 0 Å². The van der Waals surface area contributed by atoms with E-state index in [-0.39, 0.29) is 5.56 Å². The van der Waals surface area contributed by atoms with Crippen LogP contribution in [0.2, 0.25) is 0 Å². The van der Waals surface area contributed by atoms with E-state index in [1.807, 2.05) is 32.0 Å². The van der Waals surface area contributed by atoms with Crippen LogP contribution in [0.25, 0.3) is 10.9 Å². The van der Waals surface area contributed by atoms with Crippen molar-refractivity contribution < 1.29 is 14.3 Å². The maximum absolute atomic E-state index is 12.9. The second-order valence-electron chi connectivity index (χ2n) is 7.15. The van der Waals surface area contributed by atoms with Crippen LogP contribution >= 0.6 is 0 Å². The molecule has 4 aromatic rings. The summed E-state index contributed by atoms with van der Waals surface area (Å²) < 4.78 is 12.5. The summed E-state index contributed by atoms with van der Waals surface area (Å²) >= 11 is 0. The van der Waals surface area contributed by atoms with E-state index in [4.69, 9.17) is 9.47 Å². The molecule has 0 bridgehead atoms. The highest BCUT2D eigenvalue weighted by molar-refractivity contribution is 5.91. The summed E-state index contributed by atoms with van der Waals surface area (Å²) in [6, 6.07) is 21.0. The summed E-state index contributed by atoms with van der Waals surface area (Å²) in [6.45, 7) is 4.16. The highest BCUT2D eigenvalue weighted by Gasteiger charge is 2.13. The van der Waals surface area contributed by atoms with Crippen LogP contribution in [0.4, 0.5) is 0 Å². The standard InChI is InChI=1S/C26H23N3O4/c1-3-24-28-21-13-9-8-12-20(21)25(30)29(24)27-17-18-14-15-22(23(16-18)32-4-2)33-26(31)19-10-6-5-7-11-19/h5-17H,3-4H2,1-2H3. The van der Waals surface area contributed by atoms with E-state index in [1.165, 1.54) is 4.68 Å². The summed E-state index contributed by atoms with van der Waals surface area (Å²) in [6.07, 6.45) is 2.11. The SMILES string of the molecule is CCOc1cc(C=Nn2c(CC)nc3ccccc3c2=O)ccc1OC(=O)c1ccccc1. The molecule has 0 saturated carbocycles. The first-order valence-corrected chi connectivity index (χ1v) is 10.7. The molecule has 0 unspecified atom stereocenters. The van der Waals surface area contributed by atoms with Crippen LogP contribution in [0.5, 0.6) is 11.5 Å². The average molecular weight is 441 g/mol. The van der Waals surface area contributed by atoms with Crippen LogP contribution in [0.1, 0.15) is 35.6 Å². The lowest BCUT2D eigenvalue weighted by Crippen LogP contribution is -2.22. The number of carbonyl (C=O) groups is 1. The summed E-state index contributed by atoms with van der Waals surface area (Å²) in [4.78, 5) is 29.9. The third-order valence-corrected chi connectivity index (χ3v) is 4.94. The van der Waals surface area contributed by atoms with Gasteiger partial charge in [0, 0.05) is 6.42 Å². The zero-order valence-electron chi connectivity index (χ0n) is 18.4. The quantitative estimate of drug-likeness (QED) is 0.240. The second kappa shape index (κ2) is 9.91. The molecule has 3 aromatic carbocycles. The van der Waals surface area contributed by atoms with Gasteiger partial charge in [0.15, 0.2) is 11.5 Å². The van der Waals surface area contributed by atoms with Gasteiger partial charge in [-0.2, -0.15) is 9.78 Å². The molecule has 7 nitrogen and oxygen atoms in total. The van der Waals surface area contributed by atoms with E-state index in [0.717, 1.165) is 0 Å². The fourth-order valence-corrected chi connectivity index (χ4v) is 3.33. The van der Waals surface area contributed by atoms with Crippen molar-refractivity contribution in [2.24, 2.45) is 5.10 Å². The Hall–Kier alpha value is -4.26. The number of benzene rings is 3. The van der Waals surface area contributed by atoms with E-state index >= 15 is 0 Å². The van der Waals surface area contributed by atoms with Gasteiger partial charge >= 0.3 is 5.97 Å². The Morgan fingerprint density at radius 1 is 1.00 bits per heavy atom. The third-order valence-electron chi connectivity index (χ3n) is 4.94. The topological polar surface area (TPSA) is 82.8 Å². The number of carbonyl (C=O) groups excluding carboxylic acids is 1. The number of rotatable bonds is 7. The highest BCUT2D eigenvalue weighted by Crippen LogP contribution is 2.29. The highest BCUT2D eigenvalue weighted by atomic mass is 16.6. The molecular weight excluding hydrogens is 418 g/mol. The van der Waals surface area contributed by atoms with Gasteiger partial charge in [-0.15, -0.1) is 0 Å².